The van der Waals surface area contributed by atoms with E-state index in [0.29, 0.717) is 33.7 Å². The normalized spacial score (nSPS) is 14.3. The van der Waals surface area contributed by atoms with Crippen molar-refractivity contribution in [2.75, 3.05) is 0 Å². The van der Waals surface area contributed by atoms with Crippen LogP contribution in [0.1, 0.15) is 44.6 Å². The first-order valence-corrected chi connectivity index (χ1v) is 15.5. The molecule has 0 fully saturated rings. The number of aromatic nitrogens is 5. The average molecular weight is 679 g/mol. The minimum Gasteiger partial charge on any atom is -0.356 e. The molecule has 12 heteroatoms. The van der Waals surface area contributed by atoms with Crippen LogP contribution in [0.25, 0.3) is 28.0 Å². The molecular weight excluding hydrogens is 650 g/mol. The lowest BCUT2D eigenvalue weighted by Crippen LogP contribution is -2.47. The van der Waals surface area contributed by atoms with E-state index in [1.54, 1.807) is 58.4 Å². The Bertz CT molecular complexity index is 2190. The van der Waals surface area contributed by atoms with Crippen molar-refractivity contribution in [3.05, 3.63) is 128 Å². The van der Waals surface area contributed by atoms with Crippen molar-refractivity contribution in [1.29, 1.82) is 0 Å². The lowest BCUT2D eigenvalue weighted by Gasteiger charge is -2.34. The third-order valence-corrected chi connectivity index (χ3v) is 9.17. The summed E-state index contributed by atoms with van der Waals surface area (Å²) in [7, 11) is 0. The third kappa shape index (κ3) is 5.20. The number of benzene rings is 3. The second kappa shape index (κ2) is 11.9. The summed E-state index contributed by atoms with van der Waals surface area (Å²) in [5.41, 5.74) is 4.35. The fourth-order valence-electron chi connectivity index (χ4n) is 5.89. The number of hydrogen-bond acceptors (Lipinski definition) is 7. The van der Waals surface area contributed by atoms with Crippen molar-refractivity contribution in [2.24, 2.45) is 0 Å². The number of carbonyl (C=O) groups excluding carboxylic acids is 2. The number of rotatable bonds is 6. The number of carbonyl (C=O) groups is 2. The number of fused-ring (bicyclic) bond motifs is 2. The zero-order valence-corrected chi connectivity index (χ0v) is 26.6. The monoisotopic (exact) mass is 677 g/mol. The first-order chi connectivity index (χ1) is 22.3. The Kier molecular flexibility index (Phi) is 7.57. The van der Waals surface area contributed by atoms with Gasteiger partial charge in [0.25, 0.3) is 11.8 Å². The van der Waals surface area contributed by atoms with Gasteiger partial charge in [-0.3, -0.25) is 18.7 Å². The van der Waals surface area contributed by atoms with Crippen LogP contribution in [-0.2, 0) is 19.6 Å². The van der Waals surface area contributed by atoms with Gasteiger partial charge in [-0.25, -0.2) is 14.8 Å². The maximum atomic E-state index is 14.2. The van der Waals surface area contributed by atoms with Gasteiger partial charge in [0, 0.05) is 52.5 Å². The summed E-state index contributed by atoms with van der Waals surface area (Å²) in [6.45, 7) is 4.29. The number of halogens is 1. The number of nitrogens with zero attached hydrogens (tertiary/aromatic N) is 6. The van der Waals surface area contributed by atoms with Gasteiger partial charge >= 0.3 is 5.69 Å². The second-order valence-electron chi connectivity index (χ2n) is 11.2. The van der Waals surface area contributed by atoms with Gasteiger partial charge in [-0.1, -0.05) is 45.4 Å². The van der Waals surface area contributed by atoms with Gasteiger partial charge in [-0.15, -0.1) is 0 Å². The van der Waals surface area contributed by atoms with E-state index in [2.05, 4.69) is 36.4 Å². The van der Waals surface area contributed by atoms with Crippen LogP contribution in [0.2, 0.25) is 0 Å². The highest BCUT2D eigenvalue weighted by molar-refractivity contribution is 9.10. The molecule has 46 heavy (non-hydrogen) atoms. The number of hydrogen-bond donors (Lipinski definition) is 1. The van der Waals surface area contributed by atoms with Gasteiger partial charge in [-0.2, -0.15) is 0 Å². The topological polar surface area (TPSA) is 128 Å². The Morgan fingerprint density at radius 3 is 2.65 bits per heavy atom. The number of nitrogens with one attached hydrogen (secondary N) is 1. The maximum Gasteiger partial charge on any atom is 0.333 e. The van der Waals surface area contributed by atoms with Crippen molar-refractivity contribution in [1.82, 2.24) is 34.5 Å². The molecule has 7 rings (SSSR count). The molecule has 230 valence electrons. The first kappa shape index (κ1) is 29.4. The van der Waals surface area contributed by atoms with E-state index in [4.69, 9.17) is 4.52 Å². The molecule has 0 bridgehead atoms. The minimum atomic E-state index is -0.457. The molecule has 1 atom stereocenters. The van der Waals surface area contributed by atoms with Crippen molar-refractivity contribution in [3.63, 3.8) is 0 Å². The van der Waals surface area contributed by atoms with Crippen LogP contribution < -0.4 is 11.0 Å². The molecule has 1 aliphatic heterocycles. The van der Waals surface area contributed by atoms with Crippen LogP contribution in [0.4, 0.5) is 0 Å². The molecule has 0 saturated heterocycles. The van der Waals surface area contributed by atoms with Gasteiger partial charge in [-0.05, 0) is 67.4 Å². The molecule has 0 saturated carbocycles. The highest BCUT2D eigenvalue weighted by Gasteiger charge is 2.35. The van der Waals surface area contributed by atoms with E-state index in [0.717, 1.165) is 21.2 Å². The summed E-state index contributed by atoms with van der Waals surface area (Å²) in [4.78, 5) is 52.6. The summed E-state index contributed by atoms with van der Waals surface area (Å²) in [5.74, 6) is -0.0936. The first-order valence-electron chi connectivity index (χ1n) is 14.7. The van der Waals surface area contributed by atoms with E-state index in [-0.39, 0.29) is 43.0 Å². The van der Waals surface area contributed by atoms with Crippen LogP contribution in [0.3, 0.4) is 0 Å². The zero-order chi connectivity index (χ0) is 31.9. The molecular formula is C34H28BrN7O4. The average Bonchev–Trinajstić information content (AvgIpc) is 3.66. The quantitative estimate of drug-likeness (QED) is 0.254. The van der Waals surface area contributed by atoms with Gasteiger partial charge in [0.15, 0.2) is 11.4 Å². The van der Waals surface area contributed by atoms with Crippen LogP contribution in [0.15, 0.2) is 99.1 Å². The van der Waals surface area contributed by atoms with Crippen molar-refractivity contribution in [3.8, 4) is 17.1 Å². The second-order valence-corrected chi connectivity index (χ2v) is 12.1. The summed E-state index contributed by atoms with van der Waals surface area (Å²) in [5, 5.41) is 7.57. The van der Waals surface area contributed by atoms with Gasteiger partial charge in [0.2, 0.25) is 0 Å². The summed E-state index contributed by atoms with van der Waals surface area (Å²) < 4.78 is 9.18. The van der Waals surface area contributed by atoms with Crippen molar-refractivity contribution < 1.29 is 14.1 Å². The molecule has 1 aliphatic rings. The standard InChI is InChI=1S/C34H28BrN7O4/c1-20-14-22(8-10-27(20)35)33(44)40-19-28-30(32(43)38-16-23-6-3-4-7-26(23)31-36-12-5-13-37-31)42(34(45)41(28)18-21(40)2)25-9-11-29-24(15-25)17-39-46-29/h3-15,17,21H,16,18-19H2,1-2H3,(H,38,43)/t21-/m0/s1. The molecule has 4 heterocycles. The van der Waals surface area contributed by atoms with E-state index < -0.39 is 5.91 Å². The van der Waals surface area contributed by atoms with Crippen LogP contribution in [-0.4, -0.2) is 47.0 Å². The number of amides is 2. The van der Waals surface area contributed by atoms with Gasteiger partial charge in [0.05, 0.1) is 24.1 Å². The van der Waals surface area contributed by atoms with E-state index in [9.17, 15) is 14.4 Å². The van der Waals surface area contributed by atoms with Crippen LogP contribution >= 0.6 is 15.9 Å². The molecule has 2 amide bonds. The molecule has 6 aromatic rings. The summed E-state index contributed by atoms with van der Waals surface area (Å²) in [6, 6.07) is 19.7. The molecule has 3 aromatic carbocycles. The third-order valence-electron chi connectivity index (χ3n) is 8.28. The molecule has 0 unspecified atom stereocenters. The van der Waals surface area contributed by atoms with Gasteiger partial charge in [0.1, 0.15) is 5.69 Å². The predicted molar refractivity (Wildman–Crippen MR) is 174 cm³/mol. The Morgan fingerprint density at radius 2 is 1.85 bits per heavy atom. The predicted octanol–water partition coefficient (Wildman–Crippen LogP) is 5.28. The fourth-order valence-corrected chi connectivity index (χ4v) is 6.14. The highest BCUT2D eigenvalue weighted by atomic mass is 79.9. The minimum absolute atomic E-state index is 0.0735. The zero-order valence-electron chi connectivity index (χ0n) is 25.0. The number of aryl methyl sites for hydroxylation is 1. The summed E-state index contributed by atoms with van der Waals surface area (Å²) >= 11 is 3.50. The lowest BCUT2D eigenvalue weighted by atomic mass is 10.1. The van der Waals surface area contributed by atoms with Gasteiger partial charge < -0.3 is 14.7 Å². The molecule has 0 radical (unpaired) electrons. The maximum absolute atomic E-state index is 14.2. The van der Waals surface area contributed by atoms with Crippen LogP contribution in [0.5, 0.6) is 0 Å². The highest BCUT2D eigenvalue weighted by Crippen LogP contribution is 2.27. The Balaban J connectivity index is 1.29. The smallest absolute Gasteiger partial charge is 0.333 e. The fraction of sp³-hybridized carbons (Fsp3) is 0.176. The molecule has 0 aliphatic carbocycles. The van der Waals surface area contributed by atoms with E-state index in [1.165, 1.54) is 4.57 Å². The van der Waals surface area contributed by atoms with Crippen LogP contribution in [0, 0.1) is 6.92 Å². The molecule has 0 spiro atoms. The molecule has 3 aromatic heterocycles. The Morgan fingerprint density at radius 1 is 1.04 bits per heavy atom. The Hall–Kier alpha value is -5.36. The van der Waals surface area contributed by atoms with Crippen molar-refractivity contribution in [2.45, 2.75) is 39.5 Å². The SMILES string of the molecule is Cc1cc(C(=O)N2Cc3c(C(=O)NCc4ccccc4-c4ncccn4)n(-c4ccc5oncc5c4)c(=O)n3C[C@@H]2C)ccc1Br. The molecule has 1 N–H and O–H groups in total. The lowest BCUT2D eigenvalue weighted by molar-refractivity contribution is 0.0610. The molecule has 11 nitrogen and oxygen atoms in total. The van der Waals surface area contributed by atoms with Crippen molar-refractivity contribution >= 4 is 38.7 Å². The number of imidazole rings is 1. The largest absolute Gasteiger partial charge is 0.356 e. The summed E-state index contributed by atoms with van der Waals surface area (Å²) in [6.07, 6.45) is 4.89. The Labute approximate surface area is 271 Å². The van der Waals surface area contributed by atoms with E-state index >= 15 is 0 Å². The van der Waals surface area contributed by atoms with E-state index in [1.807, 2.05) is 50.2 Å².